The Morgan fingerprint density at radius 3 is 2.28 bits per heavy atom. The molecule has 1 amide bonds. The van der Waals surface area contributed by atoms with Crippen LogP contribution in [0.4, 0.5) is 0 Å². The van der Waals surface area contributed by atoms with Crippen molar-refractivity contribution in [2.24, 2.45) is 0 Å². The minimum Gasteiger partial charge on any atom is -0.327 e. The minimum absolute atomic E-state index is 0.0119. The number of carbonyl (C=O) groups excluding carboxylic acids is 1. The van der Waals surface area contributed by atoms with Crippen molar-refractivity contribution in [2.75, 3.05) is 6.54 Å². The number of pyridine rings is 1. The Bertz CT molecular complexity index is 1060. The second-order valence-corrected chi connectivity index (χ2v) is 7.69. The highest BCUT2D eigenvalue weighted by atomic mass is 79.9. The van der Waals surface area contributed by atoms with Crippen molar-refractivity contribution in [3.63, 3.8) is 0 Å². The molecular weight excluding hydrogens is 424 g/mol. The first kappa shape index (κ1) is 19.3. The Morgan fingerprint density at radius 2 is 1.62 bits per heavy atom. The van der Waals surface area contributed by atoms with Gasteiger partial charge in [0.15, 0.2) is 0 Å². The van der Waals surface area contributed by atoms with Gasteiger partial charge >= 0.3 is 0 Å². The molecule has 29 heavy (non-hydrogen) atoms. The van der Waals surface area contributed by atoms with Crippen molar-refractivity contribution in [1.29, 1.82) is 0 Å². The molecule has 2 heterocycles. The molecule has 0 saturated heterocycles. The third-order valence-corrected chi connectivity index (χ3v) is 5.84. The molecule has 2 aromatic carbocycles. The maximum atomic E-state index is 13.4. The topological polar surface area (TPSA) is 33.2 Å². The van der Waals surface area contributed by atoms with Gasteiger partial charge in [-0.15, -0.1) is 0 Å². The van der Waals surface area contributed by atoms with Gasteiger partial charge in [0.25, 0.3) is 5.91 Å². The number of rotatable bonds is 4. The maximum absolute atomic E-state index is 13.4. The smallest absolute Gasteiger partial charge is 0.254 e. The lowest BCUT2D eigenvalue weighted by atomic mass is 9.86. The number of carbonyl (C=O) groups is 1. The van der Waals surface area contributed by atoms with Gasteiger partial charge in [0, 0.05) is 23.9 Å². The van der Waals surface area contributed by atoms with E-state index in [1.54, 1.807) is 6.20 Å². The summed E-state index contributed by atoms with van der Waals surface area (Å²) in [6.07, 6.45) is 4.73. The van der Waals surface area contributed by atoms with Crippen molar-refractivity contribution >= 4 is 27.4 Å². The quantitative estimate of drug-likeness (QED) is 0.457. The van der Waals surface area contributed by atoms with Crippen molar-refractivity contribution in [2.45, 2.75) is 12.5 Å². The maximum Gasteiger partial charge on any atom is 0.254 e. The third-order valence-electron chi connectivity index (χ3n) is 5.18. The lowest BCUT2D eigenvalue weighted by molar-refractivity contribution is 0.0699. The molecule has 0 radical (unpaired) electrons. The summed E-state index contributed by atoms with van der Waals surface area (Å²) in [5.41, 5.74) is 4.67. The van der Waals surface area contributed by atoms with Crippen LogP contribution in [0.25, 0.3) is 5.57 Å². The SMILES string of the molecule is C=C(C1=CCCN(C(=O)c2ccccc2)C1c1cccnc1Br)c1ccccc1. The zero-order valence-corrected chi connectivity index (χ0v) is 17.5. The first-order chi connectivity index (χ1) is 14.2. The van der Waals surface area contributed by atoms with Gasteiger partial charge in [-0.2, -0.15) is 0 Å². The van der Waals surface area contributed by atoms with Crippen LogP contribution >= 0.6 is 15.9 Å². The van der Waals surface area contributed by atoms with Gasteiger partial charge in [-0.1, -0.05) is 67.3 Å². The highest BCUT2D eigenvalue weighted by Gasteiger charge is 2.34. The van der Waals surface area contributed by atoms with Crippen LogP contribution in [0, 0.1) is 0 Å². The molecule has 4 rings (SSSR count). The number of hydrogen-bond donors (Lipinski definition) is 0. The van der Waals surface area contributed by atoms with Crippen LogP contribution in [0.3, 0.4) is 0 Å². The molecule has 1 aliphatic rings. The third kappa shape index (κ3) is 3.94. The number of aromatic nitrogens is 1. The van der Waals surface area contributed by atoms with Crippen LogP contribution in [0.15, 0.2) is 102 Å². The van der Waals surface area contributed by atoms with Gasteiger partial charge < -0.3 is 4.90 Å². The first-order valence-electron chi connectivity index (χ1n) is 9.58. The molecule has 1 aliphatic heterocycles. The van der Waals surface area contributed by atoms with Crippen LogP contribution < -0.4 is 0 Å². The van der Waals surface area contributed by atoms with E-state index in [0.717, 1.165) is 33.3 Å². The van der Waals surface area contributed by atoms with Gasteiger partial charge in [-0.3, -0.25) is 4.79 Å². The zero-order chi connectivity index (χ0) is 20.2. The first-order valence-corrected chi connectivity index (χ1v) is 10.4. The molecule has 0 aliphatic carbocycles. The minimum atomic E-state index is -0.257. The molecule has 0 saturated carbocycles. The fourth-order valence-corrected chi connectivity index (χ4v) is 4.23. The molecule has 1 atom stereocenters. The van der Waals surface area contributed by atoms with E-state index in [0.29, 0.717) is 12.1 Å². The summed E-state index contributed by atoms with van der Waals surface area (Å²) in [6, 6.07) is 23.2. The lowest BCUT2D eigenvalue weighted by Crippen LogP contribution is -2.39. The van der Waals surface area contributed by atoms with Crippen LogP contribution in [0.2, 0.25) is 0 Å². The second-order valence-electron chi connectivity index (χ2n) is 6.94. The monoisotopic (exact) mass is 444 g/mol. The number of nitrogens with zero attached hydrogens (tertiary/aromatic N) is 2. The summed E-state index contributed by atoms with van der Waals surface area (Å²) < 4.78 is 0.740. The highest BCUT2D eigenvalue weighted by Crippen LogP contribution is 2.41. The van der Waals surface area contributed by atoms with Gasteiger partial charge in [-0.05, 0) is 57.3 Å². The Kier molecular flexibility index (Phi) is 5.72. The van der Waals surface area contributed by atoms with Crippen molar-refractivity contribution < 1.29 is 4.79 Å². The Balaban J connectivity index is 1.80. The van der Waals surface area contributed by atoms with Gasteiger partial charge in [-0.25, -0.2) is 4.98 Å². The number of halogens is 1. The molecule has 1 aromatic heterocycles. The van der Waals surface area contributed by atoms with Gasteiger partial charge in [0.05, 0.1) is 6.04 Å². The second kappa shape index (κ2) is 8.58. The van der Waals surface area contributed by atoms with Crippen molar-refractivity contribution in [1.82, 2.24) is 9.88 Å². The Morgan fingerprint density at radius 1 is 0.966 bits per heavy atom. The fraction of sp³-hybridized carbons (Fsp3) is 0.120. The number of amides is 1. The number of benzene rings is 2. The highest BCUT2D eigenvalue weighted by molar-refractivity contribution is 9.10. The van der Waals surface area contributed by atoms with Gasteiger partial charge in [0.2, 0.25) is 0 Å². The van der Waals surface area contributed by atoms with Crippen molar-refractivity contribution in [3.05, 3.63) is 119 Å². The van der Waals surface area contributed by atoms with E-state index in [-0.39, 0.29) is 11.9 Å². The van der Waals surface area contributed by atoms with Gasteiger partial charge in [0.1, 0.15) is 4.60 Å². The Labute approximate surface area is 179 Å². The average molecular weight is 445 g/mol. The molecule has 4 heteroatoms. The molecular formula is C25H21BrN2O. The summed E-state index contributed by atoms with van der Waals surface area (Å²) in [6.45, 7) is 5.02. The predicted octanol–water partition coefficient (Wildman–Crippen LogP) is 6.07. The van der Waals surface area contributed by atoms with E-state index in [9.17, 15) is 4.79 Å². The predicted molar refractivity (Wildman–Crippen MR) is 120 cm³/mol. The standard InChI is InChI=1S/C25H21BrN2O/c1-18(19-10-4-2-5-11-19)21-15-9-17-28(25(29)20-12-6-3-7-13-20)23(21)22-14-8-16-27-24(22)26/h2-8,10-16,23H,1,9,17H2. The van der Waals surface area contributed by atoms with E-state index in [1.165, 1.54) is 0 Å². The van der Waals surface area contributed by atoms with E-state index in [2.05, 4.69) is 45.7 Å². The van der Waals surface area contributed by atoms with Crippen LogP contribution in [0.1, 0.15) is 33.9 Å². The number of hydrogen-bond acceptors (Lipinski definition) is 2. The van der Waals surface area contributed by atoms with E-state index in [1.807, 2.05) is 65.6 Å². The van der Waals surface area contributed by atoms with E-state index >= 15 is 0 Å². The van der Waals surface area contributed by atoms with Crippen LogP contribution in [-0.2, 0) is 0 Å². The summed E-state index contributed by atoms with van der Waals surface area (Å²) in [5, 5.41) is 0. The van der Waals surface area contributed by atoms with E-state index in [4.69, 9.17) is 0 Å². The normalized spacial score (nSPS) is 16.2. The van der Waals surface area contributed by atoms with Crippen molar-refractivity contribution in [3.8, 4) is 0 Å². The fourth-order valence-electron chi connectivity index (χ4n) is 3.77. The summed E-state index contributed by atoms with van der Waals surface area (Å²) >= 11 is 3.59. The molecule has 0 spiro atoms. The van der Waals surface area contributed by atoms with Crippen LogP contribution in [-0.4, -0.2) is 22.3 Å². The molecule has 0 bridgehead atoms. The molecule has 1 unspecified atom stereocenters. The largest absolute Gasteiger partial charge is 0.327 e. The van der Waals surface area contributed by atoms with E-state index < -0.39 is 0 Å². The molecule has 144 valence electrons. The molecule has 3 nitrogen and oxygen atoms in total. The molecule has 3 aromatic rings. The summed E-state index contributed by atoms with van der Waals surface area (Å²) in [7, 11) is 0. The molecule has 0 fully saturated rings. The molecule has 0 N–H and O–H groups in total. The Hall–Kier alpha value is -2.98. The summed E-state index contributed by atoms with van der Waals surface area (Å²) in [5.74, 6) is 0.0119. The zero-order valence-electron chi connectivity index (χ0n) is 16.0. The average Bonchev–Trinajstić information content (AvgIpc) is 2.79. The summed E-state index contributed by atoms with van der Waals surface area (Å²) in [4.78, 5) is 19.8. The van der Waals surface area contributed by atoms with Crippen LogP contribution in [0.5, 0.6) is 0 Å². The lowest BCUT2D eigenvalue weighted by Gasteiger charge is -2.38.